The molecule has 28 heavy (non-hydrogen) atoms. The van der Waals surface area contributed by atoms with Crippen LogP contribution in [0.1, 0.15) is 33.6 Å². The maximum Gasteiger partial charge on any atom is 0.307 e. The van der Waals surface area contributed by atoms with E-state index in [1.807, 2.05) is 12.1 Å². The summed E-state index contributed by atoms with van der Waals surface area (Å²) in [6.07, 6.45) is 0.978. The predicted molar refractivity (Wildman–Crippen MR) is 100 cm³/mol. The van der Waals surface area contributed by atoms with Gasteiger partial charge in [0.2, 0.25) is 0 Å². The van der Waals surface area contributed by atoms with Crippen LogP contribution in [0.4, 0.5) is 0 Å². The molecular weight excluding hydrogens is 360 g/mol. The average molecular weight is 380 g/mol. The maximum atomic E-state index is 11.7. The molecule has 6 nitrogen and oxygen atoms in total. The van der Waals surface area contributed by atoms with E-state index in [4.69, 9.17) is 10.2 Å². The van der Waals surface area contributed by atoms with Gasteiger partial charge in [0.05, 0.1) is 11.8 Å². The van der Waals surface area contributed by atoms with Crippen LogP contribution in [-0.2, 0) is 9.59 Å². The van der Waals surface area contributed by atoms with E-state index in [0.717, 1.165) is 0 Å². The van der Waals surface area contributed by atoms with Gasteiger partial charge in [0.25, 0.3) is 0 Å². The zero-order valence-electron chi connectivity index (χ0n) is 15.0. The van der Waals surface area contributed by atoms with Crippen molar-refractivity contribution in [2.24, 2.45) is 23.7 Å². The molecule has 4 atom stereocenters. The van der Waals surface area contributed by atoms with Crippen molar-refractivity contribution in [2.45, 2.75) is 12.8 Å². The molecule has 0 spiro atoms. The first-order chi connectivity index (χ1) is 13.4. The fourth-order valence-corrected chi connectivity index (χ4v) is 3.15. The van der Waals surface area contributed by atoms with Crippen molar-refractivity contribution < 1.29 is 29.4 Å². The van der Waals surface area contributed by atoms with Gasteiger partial charge >= 0.3 is 11.9 Å². The molecule has 2 N–H and O–H groups in total. The Labute approximate surface area is 161 Å². The monoisotopic (exact) mass is 380 g/mol. The highest BCUT2D eigenvalue weighted by molar-refractivity contribution is 6.03. The second-order valence-electron chi connectivity index (χ2n) is 7.03. The zero-order chi connectivity index (χ0) is 20.3. The Kier molecular flexibility index (Phi) is 5.68. The van der Waals surface area contributed by atoms with Crippen LogP contribution in [0.25, 0.3) is 0 Å². The number of ketones is 2. The van der Waals surface area contributed by atoms with Crippen LogP contribution in [0.15, 0.2) is 60.7 Å². The Balaban J connectivity index is 0.000000161. The number of aliphatic carboxylic acids is 2. The van der Waals surface area contributed by atoms with Gasteiger partial charge in [0.15, 0.2) is 11.6 Å². The molecule has 4 rings (SSSR count). The summed E-state index contributed by atoms with van der Waals surface area (Å²) >= 11 is 0. The SMILES string of the molecule is O=C(O)[C@H]1C[C@H]1C(=O)c1ccccc1.O=C(c1ccccc1)[C@H]1C[C@H]1C(=O)O. The standard InChI is InChI=1S/2C11H10O3/c2*12-10(7-4-2-1-3-5-7)8-6-9(8)11(13)14/h2*1-5,8-9H,6H2,(H,13,14)/t2*8-,9+/m10/s1. The van der Waals surface area contributed by atoms with Crippen molar-refractivity contribution >= 4 is 23.5 Å². The van der Waals surface area contributed by atoms with Crippen molar-refractivity contribution in [3.8, 4) is 0 Å². The number of carboxylic acid groups (broad SMARTS) is 2. The quantitative estimate of drug-likeness (QED) is 0.745. The molecule has 6 heteroatoms. The van der Waals surface area contributed by atoms with Crippen molar-refractivity contribution in [1.82, 2.24) is 0 Å². The number of Topliss-reactive ketones (excluding diaryl/α,β-unsaturated/α-hetero) is 2. The van der Waals surface area contributed by atoms with Crippen LogP contribution in [0, 0.1) is 23.7 Å². The molecule has 2 aromatic rings. The van der Waals surface area contributed by atoms with Gasteiger partial charge in [-0.3, -0.25) is 19.2 Å². The Morgan fingerprint density at radius 2 is 0.893 bits per heavy atom. The third kappa shape index (κ3) is 4.52. The summed E-state index contributed by atoms with van der Waals surface area (Å²) in [5.41, 5.74) is 1.22. The normalized spacial score (nSPS) is 24.3. The summed E-state index contributed by atoms with van der Waals surface area (Å²) in [6, 6.07) is 17.7. The lowest BCUT2D eigenvalue weighted by atomic mass is 10.1. The minimum absolute atomic E-state index is 0.0435. The Morgan fingerprint density at radius 1 is 0.571 bits per heavy atom. The summed E-state index contributed by atoms with van der Waals surface area (Å²) < 4.78 is 0. The van der Waals surface area contributed by atoms with E-state index < -0.39 is 23.8 Å². The molecule has 0 heterocycles. The molecular formula is C22H20O6. The van der Waals surface area contributed by atoms with Crippen molar-refractivity contribution in [1.29, 1.82) is 0 Å². The van der Waals surface area contributed by atoms with Gasteiger partial charge in [0, 0.05) is 23.0 Å². The largest absolute Gasteiger partial charge is 0.481 e. The molecule has 0 radical (unpaired) electrons. The molecule has 2 aliphatic rings. The summed E-state index contributed by atoms with van der Waals surface area (Å²) in [5.74, 6) is -3.32. The third-order valence-corrected chi connectivity index (χ3v) is 5.01. The lowest BCUT2D eigenvalue weighted by molar-refractivity contribution is -0.139. The minimum Gasteiger partial charge on any atom is -0.481 e. The van der Waals surface area contributed by atoms with Gasteiger partial charge in [-0.25, -0.2) is 0 Å². The van der Waals surface area contributed by atoms with Crippen molar-refractivity contribution in [2.75, 3.05) is 0 Å². The molecule has 2 fully saturated rings. The van der Waals surface area contributed by atoms with E-state index >= 15 is 0 Å². The first kappa shape index (κ1) is 19.5. The van der Waals surface area contributed by atoms with E-state index in [0.29, 0.717) is 24.0 Å². The zero-order valence-corrected chi connectivity index (χ0v) is 15.0. The summed E-state index contributed by atoms with van der Waals surface area (Å²) in [6.45, 7) is 0. The Morgan fingerprint density at radius 3 is 1.14 bits per heavy atom. The first-order valence-corrected chi connectivity index (χ1v) is 9.04. The molecule has 0 aromatic heterocycles. The van der Waals surface area contributed by atoms with E-state index in [-0.39, 0.29) is 23.4 Å². The molecule has 0 amide bonds. The van der Waals surface area contributed by atoms with E-state index in [9.17, 15) is 19.2 Å². The topological polar surface area (TPSA) is 109 Å². The molecule has 0 bridgehead atoms. The van der Waals surface area contributed by atoms with E-state index in [1.54, 1.807) is 48.5 Å². The second kappa shape index (κ2) is 8.17. The van der Waals surface area contributed by atoms with Gasteiger partial charge in [0.1, 0.15) is 0 Å². The van der Waals surface area contributed by atoms with Crippen LogP contribution >= 0.6 is 0 Å². The fraction of sp³-hybridized carbons (Fsp3) is 0.273. The van der Waals surface area contributed by atoms with Gasteiger partial charge < -0.3 is 10.2 Å². The summed E-state index contributed by atoms with van der Waals surface area (Å²) in [7, 11) is 0. The second-order valence-corrected chi connectivity index (χ2v) is 7.03. The molecule has 0 unspecified atom stereocenters. The highest BCUT2D eigenvalue weighted by Gasteiger charge is 2.48. The molecule has 0 aliphatic heterocycles. The van der Waals surface area contributed by atoms with Crippen LogP contribution in [0.2, 0.25) is 0 Å². The van der Waals surface area contributed by atoms with Gasteiger partial charge in [-0.15, -0.1) is 0 Å². The van der Waals surface area contributed by atoms with Gasteiger partial charge in [-0.2, -0.15) is 0 Å². The number of rotatable bonds is 6. The number of hydrogen-bond donors (Lipinski definition) is 2. The average Bonchev–Trinajstić information content (AvgIpc) is 3.61. The fourth-order valence-electron chi connectivity index (χ4n) is 3.15. The highest BCUT2D eigenvalue weighted by Crippen LogP contribution is 2.41. The van der Waals surface area contributed by atoms with E-state index in [2.05, 4.69) is 0 Å². The maximum absolute atomic E-state index is 11.7. The molecule has 2 aromatic carbocycles. The lowest BCUT2D eigenvalue weighted by Gasteiger charge is -1.97. The third-order valence-electron chi connectivity index (χ3n) is 5.01. The molecule has 0 saturated heterocycles. The van der Waals surface area contributed by atoms with Crippen LogP contribution < -0.4 is 0 Å². The van der Waals surface area contributed by atoms with Crippen LogP contribution in [-0.4, -0.2) is 33.7 Å². The number of carbonyl (C=O) groups excluding carboxylic acids is 2. The lowest BCUT2D eigenvalue weighted by Crippen LogP contribution is -2.07. The van der Waals surface area contributed by atoms with Gasteiger partial charge in [-0.05, 0) is 12.8 Å². The van der Waals surface area contributed by atoms with E-state index in [1.165, 1.54) is 0 Å². The number of benzene rings is 2. The minimum atomic E-state index is -0.862. The molecule has 2 saturated carbocycles. The first-order valence-electron chi connectivity index (χ1n) is 9.04. The number of hydrogen-bond acceptors (Lipinski definition) is 4. The Hall–Kier alpha value is -3.28. The highest BCUT2D eigenvalue weighted by atomic mass is 16.4. The number of carboxylic acids is 2. The van der Waals surface area contributed by atoms with Crippen molar-refractivity contribution in [3.05, 3.63) is 71.8 Å². The van der Waals surface area contributed by atoms with Gasteiger partial charge in [-0.1, -0.05) is 60.7 Å². The molecule has 2 aliphatic carbocycles. The smallest absolute Gasteiger partial charge is 0.307 e. The summed E-state index contributed by atoms with van der Waals surface area (Å²) in [5, 5.41) is 17.3. The summed E-state index contributed by atoms with van der Waals surface area (Å²) in [4.78, 5) is 44.4. The molecule has 144 valence electrons. The number of carbonyl (C=O) groups is 4. The van der Waals surface area contributed by atoms with Crippen LogP contribution in [0.3, 0.4) is 0 Å². The Bertz CT molecular complexity index is 814. The predicted octanol–water partition coefficient (Wildman–Crippen LogP) is 3.18. The van der Waals surface area contributed by atoms with Crippen molar-refractivity contribution in [3.63, 3.8) is 0 Å². The van der Waals surface area contributed by atoms with Crippen LogP contribution in [0.5, 0.6) is 0 Å².